The zero-order chi connectivity index (χ0) is 17.7. The molecular weight excluding hydrogens is 324 g/mol. The summed E-state index contributed by atoms with van der Waals surface area (Å²) in [5.74, 6) is -2.70. The van der Waals surface area contributed by atoms with Crippen molar-refractivity contribution < 1.29 is 28.7 Å². The van der Waals surface area contributed by atoms with Gasteiger partial charge in [-0.2, -0.15) is 0 Å². The second kappa shape index (κ2) is 5.37. The van der Waals surface area contributed by atoms with Crippen LogP contribution in [0.4, 0.5) is 0 Å². The molecule has 6 heteroatoms. The third-order valence-corrected chi connectivity index (χ3v) is 4.55. The summed E-state index contributed by atoms with van der Waals surface area (Å²) in [6.07, 6.45) is 0.698. The Kier molecular flexibility index (Phi) is 3.28. The van der Waals surface area contributed by atoms with Crippen molar-refractivity contribution in [2.24, 2.45) is 0 Å². The van der Waals surface area contributed by atoms with Crippen molar-refractivity contribution in [1.82, 2.24) is 0 Å². The highest BCUT2D eigenvalue weighted by molar-refractivity contribution is 6.15. The Labute approximate surface area is 142 Å². The van der Waals surface area contributed by atoms with Gasteiger partial charge in [0.2, 0.25) is 0 Å². The molecule has 124 valence electrons. The van der Waals surface area contributed by atoms with Crippen molar-refractivity contribution in [3.05, 3.63) is 69.8 Å². The molecule has 6 nitrogen and oxygen atoms in total. The van der Waals surface area contributed by atoms with E-state index < -0.39 is 23.9 Å². The maximum absolute atomic E-state index is 11.8. The second-order valence-electron chi connectivity index (χ2n) is 5.92. The van der Waals surface area contributed by atoms with Gasteiger partial charge < -0.3 is 9.47 Å². The SMILES string of the molecule is CCC(c1ccc2c(c1)C(=O)OC2=O)c1ccc2c(c1)C(=O)OC2=O. The zero-order valence-corrected chi connectivity index (χ0v) is 13.2. The highest BCUT2D eigenvalue weighted by atomic mass is 16.6. The van der Waals surface area contributed by atoms with Gasteiger partial charge in [-0.1, -0.05) is 19.1 Å². The molecule has 0 bridgehead atoms. The molecule has 0 aromatic heterocycles. The average molecular weight is 336 g/mol. The van der Waals surface area contributed by atoms with Gasteiger partial charge in [0.05, 0.1) is 22.3 Å². The molecule has 2 aliphatic heterocycles. The van der Waals surface area contributed by atoms with E-state index in [1.54, 1.807) is 36.4 Å². The van der Waals surface area contributed by atoms with Gasteiger partial charge in [0, 0.05) is 5.92 Å². The van der Waals surface area contributed by atoms with E-state index in [2.05, 4.69) is 9.47 Å². The largest absolute Gasteiger partial charge is 0.386 e. The van der Waals surface area contributed by atoms with E-state index in [0.29, 0.717) is 6.42 Å². The van der Waals surface area contributed by atoms with Crippen LogP contribution in [0, 0.1) is 0 Å². The summed E-state index contributed by atoms with van der Waals surface area (Å²) >= 11 is 0. The molecule has 0 fully saturated rings. The molecule has 0 aliphatic carbocycles. The van der Waals surface area contributed by atoms with Crippen LogP contribution in [0.15, 0.2) is 36.4 Å². The van der Waals surface area contributed by atoms with Crippen LogP contribution in [0.5, 0.6) is 0 Å². The van der Waals surface area contributed by atoms with Crippen molar-refractivity contribution in [2.75, 3.05) is 0 Å². The first-order valence-corrected chi connectivity index (χ1v) is 7.80. The number of carbonyl (C=O) groups is 4. The minimum Gasteiger partial charge on any atom is -0.386 e. The van der Waals surface area contributed by atoms with E-state index in [9.17, 15) is 19.2 Å². The number of ether oxygens (including phenoxy) is 2. The van der Waals surface area contributed by atoms with E-state index in [4.69, 9.17) is 0 Å². The fraction of sp³-hybridized carbons (Fsp3) is 0.158. The monoisotopic (exact) mass is 336 g/mol. The molecule has 2 heterocycles. The third kappa shape index (κ3) is 2.26. The van der Waals surface area contributed by atoms with E-state index in [0.717, 1.165) is 11.1 Å². The average Bonchev–Trinajstić information content (AvgIpc) is 3.04. The smallest absolute Gasteiger partial charge is 0.346 e. The second-order valence-corrected chi connectivity index (χ2v) is 5.92. The molecule has 2 aliphatic rings. The lowest BCUT2D eigenvalue weighted by Gasteiger charge is -2.17. The minimum absolute atomic E-state index is 0.109. The highest BCUT2D eigenvalue weighted by Crippen LogP contribution is 2.33. The number of hydrogen-bond acceptors (Lipinski definition) is 6. The summed E-state index contributed by atoms with van der Waals surface area (Å²) in [4.78, 5) is 46.7. The molecule has 2 aromatic rings. The number of cyclic esters (lactones) is 4. The predicted molar refractivity (Wildman–Crippen MR) is 84.5 cm³/mol. The molecule has 0 N–H and O–H groups in total. The van der Waals surface area contributed by atoms with Gasteiger partial charge in [0.15, 0.2) is 0 Å². The lowest BCUT2D eigenvalue weighted by atomic mass is 9.86. The third-order valence-electron chi connectivity index (χ3n) is 4.55. The maximum atomic E-state index is 11.8. The normalized spacial score (nSPS) is 15.3. The summed E-state index contributed by atoms with van der Waals surface area (Å²) in [6, 6.07) is 9.98. The number of esters is 4. The number of rotatable bonds is 3. The summed E-state index contributed by atoms with van der Waals surface area (Å²) < 4.78 is 9.23. The Hall–Kier alpha value is -3.28. The van der Waals surface area contributed by atoms with E-state index in [-0.39, 0.29) is 28.2 Å². The van der Waals surface area contributed by atoms with Gasteiger partial charge in [0.25, 0.3) is 0 Å². The number of hydrogen-bond donors (Lipinski definition) is 0. The summed E-state index contributed by atoms with van der Waals surface area (Å²) in [6.45, 7) is 1.97. The first-order chi connectivity index (χ1) is 12.0. The molecule has 2 aromatic carbocycles. The van der Waals surface area contributed by atoms with Gasteiger partial charge in [-0.05, 0) is 41.8 Å². The summed E-state index contributed by atoms with van der Waals surface area (Å²) in [5, 5.41) is 0. The van der Waals surface area contributed by atoms with Crippen LogP contribution in [0.25, 0.3) is 0 Å². The molecule has 25 heavy (non-hydrogen) atoms. The topological polar surface area (TPSA) is 86.7 Å². The highest BCUT2D eigenvalue weighted by Gasteiger charge is 2.32. The lowest BCUT2D eigenvalue weighted by molar-refractivity contribution is 0.0425. The maximum Gasteiger partial charge on any atom is 0.346 e. The quantitative estimate of drug-likeness (QED) is 0.633. The first kappa shape index (κ1) is 15.3. The van der Waals surface area contributed by atoms with Crippen LogP contribution >= 0.6 is 0 Å². The summed E-state index contributed by atoms with van der Waals surface area (Å²) in [7, 11) is 0. The minimum atomic E-state index is -0.653. The zero-order valence-electron chi connectivity index (χ0n) is 13.2. The number of benzene rings is 2. The Morgan fingerprint density at radius 2 is 1.08 bits per heavy atom. The fourth-order valence-electron chi connectivity index (χ4n) is 3.30. The van der Waals surface area contributed by atoms with Gasteiger partial charge in [-0.15, -0.1) is 0 Å². The first-order valence-electron chi connectivity index (χ1n) is 7.80. The van der Waals surface area contributed by atoms with Crippen LogP contribution in [0.3, 0.4) is 0 Å². The summed E-state index contributed by atoms with van der Waals surface area (Å²) in [5.41, 5.74) is 2.66. The molecule has 0 saturated carbocycles. The molecule has 0 radical (unpaired) electrons. The van der Waals surface area contributed by atoms with Gasteiger partial charge >= 0.3 is 23.9 Å². The number of fused-ring (bicyclic) bond motifs is 2. The van der Waals surface area contributed by atoms with Crippen LogP contribution in [-0.2, 0) is 9.47 Å². The van der Waals surface area contributed by atoms with Crippen molar-refractivity contribution in [3.63, 3.8) is 0 Å². The Morgan fingerprint density at radius 3 is 1.48 bits per heavy atom. The van der Waals surface area contributed by atoms with Gasteiger partial charge in [-0.3, -0.25) is 0 Å². The van der Waals surface area contributed by atoms with Crippen molar-refractivity contribution >= 4 is 23.9 Å². The van der Waals surface area contributed by atoms with Crippen LogP contribution in [0.2, 0.25) is 0 Å². The lowest BCUT2D eigenvalue weighted by Crippen LogP contribution is -2.04. The van der Waals surface area contributed by atoms with Gasteiger partial charge in [-0.25, -0.2) is 19.2 Å². The van der Waals surface area contributed by atoms with Crippen molar-refractivity contribution in [3.8, 4) is 0 Å². The van der Waals surface area contributed by atoms with E-state index in [1.165, 1.54) is 0 Å². The molecule has 0 atom stereocenters. The number of carbonyl (C=O) groups excluding carboxylic acids is 4. The van der Waals surface area contributed by atoms with Crippen molar-refractivity contribution in [2.45, 2.75) is 19.3 Å². The Balaban J connectivity index is 1.77. The van der Waals surface area contributed by atoms with Crippen molar-refractivity contribution in [1.29, 1.82) is 0 Å². The predicted octanol–water partition coefficient (Wildman–Crippen LogP) is 2.85. The molecule has 0 amide bonds. The fourth-order valence-corrected chi connectivity index (χ4v) is 3.30. The molecule has 4 rings (SSSR count). The van der Waals surface area contributed by atoms with E-state index in [1.807, 2.05) is 6.92 Å². The van der Waals surface area contributed by atoms with Crippen LogP contribution < -0.4 is 0 Å². The molecular formula is C19H12O6. The van der Waals surface area contributed by atoms with Crippen LogP contribution in [-0.4, -0.2) is 23.9 Å². The Bertz CT molecular complexity index is 894. The van der Waals surface area contributed by atoms with Gasteiger partial charge in [0.1, 0.15) is 0 Å². The molecule has 0 saturated heterocycles. The standard InChI is InChI=1S/C19H12O6/c1-2-11(9-3-5-12-14(7-9)18(22)24-16(12)20)10-4-6-13-15(8-10)19(23)25-17(13)21/h3-8,11H,2H2,1H3. The molecule has 0 unspecified atom stereocenters. The Morgan fingerprint density at radius 1 is 0.680 bits per heavy atom. The van der Waals surface area contributed by atoms with Crippen LogP contribution in [0.1, 0.15) is 71.8 Å². The molecule has 0 spiro atoms. The van der Waals surface area contributed by atoms with E-state index >= 15 is 0 Å².